The lowest BCUT2D eigenvalue weighted by molar-refractivity contribution is 0.142. The van der Waals surface area contributed by atoms with E-state index in [9.17, 15) is 8.42 Å². The van der Waals surface area contributed by atoms with Crippen LogP contribution in [0.25, 0.3) is 0 Å². The predicted octanol–water partition coefficient (Wildman–Crippen LogP) is 1.36. The van der Waals surface area contributed by atoms with E-state index in [-0.39, 0.29) is 5.75 Å². The van der Waals surface area contributed by atoms with Crippen LogP contribution in [0.1, 0.15) is 26.7 Å². The molecule has 0 N–H and O–H groups in total. The highest BCUT2D eigenvalue weighted by molar-refractivity contribution is 7.89. The van der Waals surface area contributed by atoms with E-state index >= 15 is 0 Å². The van der Waals surface area contributed by atoms with Crippen molar-refractivity contribution in [3.05, 3.63) is 0 Å². The molecule has 0 aromatic rings. The molecule has 6 heteroatoms. The number of sulfonamides is 1. The van der Waals surface area contributed by atoms with Crippen molar-refractivity contribution in [3.8, 4) is 0 Å². The second-order valence-electron chi connectivity index (χ2n) is 4.55. The molecule has 0 amide bonds. The van der Waals surface area contributed by atoms with Gasteiger partial charge in [-0.1, -0.05) is 6.92 Å². The molecule has 0 aliphatic carbocycles. The van der Waals surface area contributed by atoms with Crippen molar-refractivity contribution in [2.45, 2.75) is 32.7 Å². The minimum absolute atomic E-state index is 0.180. The van der Waals surface area contributed by atoms with E-state index in [4.69, 9.17) is 11.6 Å². The van der Waals surface area contributed by atoms with Crippen LogP contribution < -0.4 is 0 Å². The topological polar surface area (TPSA) is 40.6 Å². The molecule has 1 aliphatic rings. The standard InChI is InChI=1S/C11H23ClN2O2S/c1-3-11(2)13-6-8-14(9-7-13)17(15,16)10-4-5-12/h11H,3-10H2,1-2H3. The number of hydrogen-bond donors (Lipinski definition) is 0. The van der Waals surface area contributed by atoms with Crippen molar-refractivity contribution in [3.63, 3.8) is 0 Å². The molecule has 1 heterocycles. The van der Waals surface area contributed by atoms with Crippen molar-refractivity contribution in [2.24, 2.45) is 0 Å². The summed E-state index contributed by atoms with van der Waals surface area (Å²) in [6.45, 7) is 7.28. The molecule has 1 aliphatic heterocycles. The van der Waals surface area contributed by atoms with Gasteiger partial charge in [0.05, 0.1) is 5.75 Å². The SMILES string of the molecule is CCC(C)N1CCN(S(=O)(=O)CCCCl)CC1. The van der Waals surface area contributed by atoms with E-state index in [1.54, 1.807) is 4.31 Å². The Morgan fingerprint density at radius 1 is 1.24 bits per heavy atom. The number of piperazine rings is 1. The van der Waals surface area contributed by atoms with Crippen molar-refractivity contribution in [1.29, 1.82) is 0 Å². The van der Waals surface area contributed by atoms with Gasteiger partial charge in [0.2, 0.25) is 10.0 Å². The van der Waals surface area contributed by atoms with Gasteiger partial charge in [-0.25, -0.2) is 8.42 Å². The zero-order chi connectivity index (χ0) is 12.9. The Balaban J connectivity index is 2.46. The smallest absolute Gasteiger partial charge is 0.214 e. The molecule has 1 saturated heterocycles. The molecular weight excluding hydrogens is 260 g/mol. The first-order chi connectivity index (χ1) is 8.01. The summed E-state index contributed by atoms with van der Waals surface area (Å²) >= 11 is 5.54. The maximum absolute atomic E-state index is 11.9. The van der Waals surface area contributed by atoms with Gasteiger partial charge in [-0.15, -0.1) is 11.6 Å². The third-order valence-corrected chi connectivity index (χ3v) is 5.64. The highest BCUT2D eigenvalue weighted by Gasteiger charge is 2.27. The molecule has 102 valence electrons. The lowest BCUT2D eigenvalue weighted by Gasteiger charge is -2.37. The van der Waals surface area contributed by atoms with Gasteiger partial charge < -0.3 is 0 Å². The van der Waals surface area contributed by atoms with E-state index in [2.05, 4.69) is 18.7 Å². The third-order valence-electron chi connectivity index (χ3n) is 3.42. The van der Waals surface area contributed by atoms with Crippen LogP contribution in [-0.2, 0) is 10.0 Å². The number of alkyl halides is 1. The maximum Gasteiger partial charge on any atom is 0.214 e. The molecule has 1 fully saturated rings. The quantitative estimate of drug-likeness (QED) is 0.691. The Kier molecular flexibility index (Phi) is 6.20. The summed E-state index contributed by atoms with van der Waals surface area (Å²) in [5.41, 5.74) is 0. The molecule has 0 bridgehead atoms. The first-order valence-electron chi connectivity index (χ1n) is 6.29. The van der Waals surface area contributed by atoms with Crippen LogP contribution in [0, 0.1) is 0 Å². The van der Waals surface area contributed by atoms with Gasteiger partial charge in [-0.3, -0.25) is 4.90 Å². The molecule has 0 aromatic heterocycles. The highest BCUT2D eigenvalue weighted by atomic mass is 35.5. The molecule has 0 spiro atoms. The average molecular weight is 283 g/mol. The van der Waals surface area contributed by atoms with Gasteiger partial charge in [0, 0.05) is 38.1 Å². The Labute approximate surface area is 110 Å². The Hall–Kier alpha value is 0.160. The fourth-order valence-corrected chi connectivity index (χ4v) is 3.83. The van der Waals surface area contributed by atoms with E-state index < -0.39 is 10.0 Å². The van der Waals surface area contributed by atoms with Gasteiger partial charge in [0.1, 0.15) is 0 Å². The summed E-state index contributed by atoms with van der Waals surface area (Å²) in [6.07, 6.45) is 1.65. The third kappa shape index (κ3) is 4.39. The normalized spacial score (nSPS) is 21.6. The maximum atomic E-state index is 11.9. The second-order valence-corrected chi connectivity index (χ2v) is 7.02. The van der Waals surface area contributed by atoms with Gasteiger partial charge in [-0.05, 0) is 19.8 Å². The molecule has 17 heavy (non-hydrogen) atoms. The fraction of sp³-hybridized carbons (Fsp3) is 1.00. The zero-order valence-electron chi connectivity index (χ0n) is 10.7. The van der Waals surface area contributed by atoms with Crippen molar-refractivity contribution < 1.29 is 8.42 Å². The second kappa shape index (κ2) is 6.92. The average Bonchev–Trinajstić information content (AvgIpc) is 2.35. The number of halogens is 1. The molecule has 4 nitrogen and oxygen atoms in total. The zero-order valence-corrected chi connectivity index (χ0v) is 12.3. The summed E-state index contributed by atoms with van der Waals surface area (Å²) in [5, 5.41) is 0. The number of rotatable bonds is 6. The van der Waals surface area contributed by atoms with Crippen LogP contribution >= 0.6 is 11.6 Å². The van der Waals surface area contributed by atoms with Crippen LogP contribution in [0.3, 0.4) is 0 Å². The largest absolute Gasteiger partial charge is 0.298 e. The summed E-state index contributed by atoms with van der Waals surface area (Å²) in [6, 6.07) is 0.544. The molecule has 0 aromatic carbocycles. The van der Waals surface area contributed by atoms with Crippen molar-refractivity contribution in [1.82, 2.24) is 9.21 Å². The Bertz CT molecular complexity index is 313. The Morgan fingerprint density at radius 3 is 2.29 bits per heavy atom. The monoisotopic (exact) mass is 282 g/mol. The van der Waals surface area contributed by atoms with Crippen molar-refractivity contribution >= 4 is 21.6 Å². The molecular formula is C11H23ClN2O2S. The lowest BCUT2D eigenvalue weighted by atomic mass is 10.2. The first-order valence-corrected chi connectivity index (χ1v) is 8.43. The van der Waals surface area contributed by atoms with Crippen LogP contribution in [0.4, 0.5) is 0 Å². The van der Waals surface area contributed by atoms with E-state index in [0.717, 1.165) is 19.5 Å². The summed E-state index contributed by atoms with van der Waals surface area (Å²) in [5.74, 6) is 0.589. The Morgan fingerprint density at radius 2 is 1.82 bits per heavy atom. The molecule has 0 saturated carbocycles. The summed E-state index contributed by atoms with van der Waals surface area (Å²) < 4.78 is 25.5. The van der Waals surface area contributed by atoms with E-state index in [1.807, 2.05) is 0 Å². The number of hydrogen-bond acceptors (Lipinski definition) is 3. The van der Waals surface area contributed by atoms with Gasteiger partial charge in [-0.2, -0.15) is 4.31 Å². The first kappa shape index (κ1) is 15.2. The highest BCUT2D eigenvalue weighted by Crippen LogP contribution is 2.12. The van der Waals surface area contributed by atoms with Gasteiger partial charge in [0.15, 0.2) is 0 Å². The molecule has 0 radical (unpaired) electrons. The van der Waals surface area contributed by atoms with Crippen LogP contribution in [-0.4, -0.2) is 61.5 Å². The van der Waals surface area contributed by atoms with Crippen LogP contribution in [0.5, 0.6) is 0 Å². The fourth-order valence-electron chi connectivity index (χ4n) is 2.05. The minimum atomic E-state index is -3.08. The summed E-state index contributed by atoms with van der Waals surface area (Å²) in [7, 11) is -3.08. The van der Waals surface area contributed by atoms with Crippen LogP contribution in [0.15, 0.2) is 0 Å². The van der Waals surface area contributed by atoms with Crippen molar-refractivity contribution in [2.75, 3.05) is 37.8 Å². The molecule has 1 atom stereocenters. The predicted molar refractivity (Wildman–Crippen MR) is 72.0 cm³/mol. The lowest BCUT2D eigenvalue weighted by Crippen LogP contribution is -2.51. The van der Waals surface area contributed by atoms with Gasteiger partial charge >= 0.3 is 0 Å². The summed E-state index contributed by atoms with van der Waals surface area (Å²) in [4.78, 5) is 2.35. The van der Waals surface area contributed by atoms with E-state index in [0.29, 0.717) is 31.4 Å². The van der Waals surface area contributed by atoms with Gasteiger partial charge in [0.25, 0.3) is 0 Å². The number of nitrogens with zero attached hydrogens (tertiary/aromatic N) is 2. The minimum Gasteiger partial charge on any atom is -0.298 e. The molecule has 1 rings (SSSR count). The van der Waals surface area contributed by atoms with E-state index in [1.165, 1.54) is 0 Å². The molecule has 1 unspecified atom stereocenters. The van der Waals surface area contributed by atoms with Crippen LogP contribution in [0.2, 0.25) is 0 Å².